The van der Waals surface area contributed by atoms with Gasteiger partial charge in [0.1, 0.15) is 0 Å². The van der Waals surface area contributed by atoms with Gasteiger partial charge < -0.3 is 9.97 Å². The molecule has 0 spiro atoms. The Bertz CT molecular complexity index is 167. The Morgan fingerprint density at radius 1 is 1.44 bits per heavy atom. The van der Waals surface area contributed by atoms with E-state index in [2.05, 4.69) is 16.2 Å². The quantitative estimate of drug-likeness (QED) is 0.664. The molecule has 0 saturated carbocycles. The summed E-state index contributed by atoms with van der Waals surface area (Å²) < 4.78 is 0. The van der Waals surface area contributed by atoms with Gasteiger partial charge in [-0.3, -0.25) is 0 Å². The van der Waals surface area contributed by atoms with Crippen molar-refractivity contribution in [3.63, 3.8) is 0 Å². The maximum atomic E-state index is 3.94. The molecule has 0 aliphatic carbocycles. The molecular weight excluding hydrogens is 286 g/mol. The van der Waals surface area contributed by atoms with E-state index in [1.807, 2.05) is 13.8 Å². The Hall–Kier alpha value is -0.258. The van der Waals surface area contributed by atoms with E-state index in [0.717, 1.165) is 11.3 Å². The molecule has 1 heterocycles. The smallest absolute Gasteiger partial charge is 0 e. The monoisotopic (exact) mass is 294 g/mol. The van der Waals surface area contributed by atoms with E-state index >= 15 is 0 Å². The molecule has 2 nitrogen and oxygen atoms in total. The van der Waals surface area contributed by atoms with E-state index in [4.69, 9.17) is 0 Å². The second-order valence-corrected chi connectivity index (χ2v) is 1.70. The molecule has 49 valence electrons. The fraction of sp³-hybridized carbons (Fsp3) is 0.333. The standard InChI is InChI=1S/C6H7N2.Re/c1-5-3-7-4-8-6(5)2;/h4H,1-2H3;/q-1;. The third-order valence-electron chi connectivity index (χ3n) is 1.08. The fourth-order valence-electron chi connectivity index (χ4n) is 0.419. The van der Waals surface area contributed by atoms with Crippen LogP contribution in [-0.4, -0.2) is 9.97 Å². The summed E-state index contributed by atoms with van der Waals surface area (Å²) in [6, 6.07) is 0. The van der Waals surface area contributed by atoms with E-state index in [0.29, 0.717) is 0 Å². The maximum Gasteiger partial charge on any atom is 0 e. The summed E-state index contributed by atoms with van der Waals surface area (Å²) >= 11 is 0. The van der Waals surface area contributed by atoms with Crippen LogP contribution in [0, 0.1) is 20.0 Å². The number of rotatable bonds is 0. The van der Waals surface area contributed by atoms with Gasteiger partial charge in [0.15, 0.2) is 0 Å². The summed E-state index contributed by atoms with van der Waals surface area (Å²) in [6.45, 7) is 3.88. The van der Waals surface area contributed by atoms with Crippen LogP contribution in [0.5, 0.6) is 0 Å². The second-order valence-electron chi connectivity index (χ2n) is 1.70. The average molecular weight is 293 g/mol. The fourth-order valence-corrected chi connectivity index (χ4v) is 0.419. The summed E-state index contributed by atoms with van der Waals surface area (Å²) in [7, 11) is 0. The van der Waals surface area contributed by atoms with Gasteiger partial charge in [0, 0.05) is 20.4 Å². The zero-order chi connectivity index (χ0) is 5.98. The van der Waals surface area contributed by atoms with Crippen LogP contribution < -0.4 is 0 Å². The molecule has 3 heteroatoms. The summed E-state index contributed by atoms with van der Waals surface area (Å²) in [5.41, 5.74) is 2.02. The molecule has 9 heavy (non-hydrogen) atoms. The van der Waals surface area contributed by atoms with Gasteiger partial charge >= 0.3 is 0 Å². The van der Waals surface area contributed by atoms with E-state index in [9.17, 15) is 0 Å². The van der Waals surface area contributed by atoms with Crippen LogP contribution in [0.2, 0.25) is 0 Å². The van der Waals surface area contributed by atoms with Gasteiger partial charge in [0.2, 0.25) is 0 Å². The predicted molar refractivity (Wildman–Crippen MR) is 30.3 cm³/mol. The van der Waals surface area contributed by atoms with E-state index < -0.39 is 0 Å². The van der Waals surface area contributed by atoms with Crippen molar-refractivity contribution in [3.05, 3.63) is 23.8 Å². The normalized spacial score (nSPS) is 8.22. The third kappa shape index (κ3) is 2.21. The minimum atomic E-state index is 0. The minimum absolute atomic E-state index is 0. The van der Waals surface area contributed by atoms with Crippen LogP contribution in [0.15, 0.2) is 6.33 Å². The van der Waals surface area contributed by atoms with Crippen LogP contribution in [0.25, 0.3) is 0 Å². The molecule has 0 aliphatic heterocycles. The molecule has 1 rings (SSSR count). The van der Waals surface area contributed by atoms with Crippen LogP contribution in [-0.2, 0) is 20.4 Å². The first-order valence-electron chi connectivity index (χ1n) is 2.46. The molecule has 0 atom stereocenters. The topological polar surface area (TPSA) is 25.8 Å². The van der Waals surface area contributed by atoms with Gasteiger partial charge in [0.05, 0.1) is 0 Å². The summed E-state index contributed by atoms with van der Waals surface area (Å²) in [5.74, 6) is 0. The van der Waals surface area contributed by atoms with E-state index in [1.54, 1.807) is 0 Å². The maximum absolute atomic E-state index is 3.94. The van der Waals surface area contributed by atoms with Crippen LogP contribution in [0.3, 0.4) is 0 Å². The first-order valence-corrected chi connectivity index (χ1v) is 2.46. The molecule has 0 bridgehead atoms. The molecule has 0 aromatic carbocycles. The van der Waals surface area contributed by atoms with Crippen molar-refractivity contribution in [2.75, 3.05) is 0 Å². The van der Waals surface area contributed by atoms with Crippen molar-refractivity contribution in [2.24, 2.45) is 0 Å². The number of hydrogen-bond acceptors (Lipinski definition) is 2. The summed E-state index contributed by atoms with van der Waals surface area (Å²) in [4.78, 5) is 7.65. The zero-order valence-electron chi connectivity index (χ0n) is 5.35. The largest absolute Gasteiger partial charge is 0.376 e. The second kappa shape index (κ2) is 3.71. The minimum Gasteiger partial charge on any atom is -0.376 e. The van der Waals surface area contributed by atoms with Crippen molar-refractivity contribution in [2.45, 2.75) is 13.8 Å². The Kier molecular flexibility index (Phi) is 3.60. The Labute approximate surface area is 68.4 Å². The molecule has 0 fully saturated rings. The summed E-state index contributed by atoms with van der Waals surface area (Å²) in [5, 5.41) is 0. The third-order valence-corrected chi connectivity index (χ3v) is 1.08. The molecule has 0 N–H and O–H groups in total. The average Bonchev–Trinajstić information content (AvgIpc) is 1.77. The Morgan fingerprint density at radius 2 is 2.11 bits per heavy atom. The molecule has 0 amide bonds. The molecule has 1 radical (unpaired) electrons. The molecule has 0 saturated heterocycles. The van der Waals surface area contributed by atoms with E-state index in [-0.39, 0.29) is 20.4 Å². The first kappa shape index (κ1) is 8.74. The van der Waals surface area contributed by atoms with Crippen molar-refractivity contribution in [1.29, 1.82) is 0 Å². The van der Waals surface area contributed by atoms with Gasteiger partial charge in [-0.15, -0.1) is 5.56 Å². The van der Waals surface area contributed by atoms with Gasteiger partial charge in [-0.05, 0) is 6.33 Å². The van der Waals surface area contributed by atoms with Crippen molar-refractivity contribution in [1.82, 2.24) is 9.97 Å². The van der Waals surface area contributed by atoms with Gasteiger partial charge in [-0.25, -0.2) is 0 Å². The van der Waals surface area contributed by atoms with Gasteiger partial charge in [-0.2, -0.15) is 0 Å². The Morgan fingerprint density at radius 3 is 2.44 bits per heavy atom. The van der Waals surface area contributed by atoms with Crippen LogP contribution in [0.1, 0.15) is 11.3 Å². The SMILES string of the molecule is Cc1[c-]ncnc1C.[Re]. The van der Waals surface area contributed by atoms with Crippen LogP contribution >= 0.6 is 0 Å². The molecular formula is C6H7N2Re-. The zero-order valence-corrected chi connectivity index (χ0v) is 8.07. The first-order chi connectivity index (χ1) is 3.80. The van der Waals surface area contributed by atoms with Crippen LogP contribution in [0.4, 0.5) is 0 Å². The Balaban J connectivity index is 0.000000640. The molecule has 0 aliphatic rings. The number of hydrogen-bond donors (Lipinski definition) is 0. The predicted octanol–water partition coefficient (Wildman–Crippen LogP) is 0.891. The van der Waals surface area contributed by atoms with E-state index in [1.165, 1.54) is 6.33 Å². The number of aryl methyl sites for hydroxylation is 2. The van der Waals surface area contributed by atoms with Crippen molar-refractivity contribution >= 4 is 0 Å². The van der Waals surface area contributed by atoms with Gasteiger partial charge in [-0.1, -0.05) is 25.7 Å². The number of aromatic nitrogens is 2. The molecule has 0 unspecified atom stereocenters. The molecule has 1 aromatic heterocycles. The van der Waals surface area contributed by atoms with Crippen molar-refractivity contribution < 1.29 is 20.4 Å². The van der Waals surface area contributed by atoms with Gasteiger partial charge in [0.25, 0.3) is 0 Å². The summed E-state index contributed by atoms with van der Waals surface area (Å²) in [6.07, 6.45) is 4.29. The molecule has 1 aromatic rings. The number of nitrogens with zero attached hydrogens (tertiary/aromatic N) is 2. The van der Waals surface area contributed by atoms with Crippen molar-refractivity contribution in [3.8, 4) is 0 Å².